The van der Waals surface area contributed by atoms with Crippen molar-refractivity contribution in [3.8, 4) is 0 Å². The molecule has 5 nitrogen and oxygen atoms in total. The summed E-state index contributed by atoms with van der Waals surface area (Å²) < 4.78 is 19.9. The van der Waals surface area contributed by atoms with Crippen LogP contribution >= 0.6 is 64.8 Å². The van der Waals surface area contributed by atoms with Gasteiger partial charge in [-0.05, 0) is 25.3 Å². The van der Waals surface area contributed by atoms with Gasteiger partial charge in [0.05, 0.1) is 13.0 Å². The number of hydrogen-bond donors (Lipinski definition) is 0. The van der Waals surface area contributed by atoms with Gasteiger partial charge in [-0.3, -0.25) is 14.0 Å². The molecule has 0 spiro atoms. The first-order valence-corrected chi connectivity index (χ1v) is 12.3. The van der Waals surface area contributed by atoms with Gasteiger partial charge in [0.2, 0.25) is 5.91 Å². The van der Waals surface area contributed by atoms with E-state index in [0.29, 0.717) is 18.8 Å². The molecule has 0 saturated carbocycles. The first-order valence-electron chi connectivity index (χ1n) is 7.24. The standard InChI is InChI=1S/C12H24Cl3N2O3PS2/c1-5-10-22-21(19,17(7-3)23-12(13,14)15)16(6-2)11(18)8-9-20-4/h5-10H2,1-4H3. The summed E-state index contributed by atoms with van der Waals surface area (Å²) in [6, 6.07) is 0. The molecule has 0 aliphatic heterocycles. The summed E-state index contributed by atoms with van der Waals surface area (Å²) in [5.41, 5.74) is 0. The molecule has 138 valence electrons. The number of carbonyl (C=O) groups is 1. The first-order chi connectivity index (χ1) is 10.7. The van der Waals surface area contributed by atoms with Crippen molar-refractivity contribution in [3.05, 3.63) is 0 Å². The molecule has 0 bridgehead atoms. The summed E-state index contributed by atoms with van der Waals surface area (Å²) in [5.74, 6) is 0.409. The van der Waals surface area contributed by atoms with Gasteiger partial charge in [-0.15, -0.1) is 0 Å². The molecule has 0 saturated heterocycles. The largest absolute Gasteiger partial charge is 0.384 e. The number of rotatable bonds is 11. The Labute approximate surface area is 162 Å². The number of carbonyl (C=O) groups excluding carboxylic acids is 1. The van der Waals surface area contributed by atoms with Gasteiger partial charge in [-0.1, -0.05) is 60.0 Å². The van der Waals surface area contributed by atoms with Crippen molar-refractivity contribution >= 4 is 70.7 Å². The van der Waals surface area contributed by atoms with E-state index in [9.17, 15) is 9.36 Å². The molecule has 0 aromatic carbocycles. The highest BCUT2D eigenvalue weighted by Crippen LogP contribution is 2.68. The molecule has 1 atom stereocenters. The Morgan fingerprint density at radius 2 is 1.83 bits per heavy atom. The molecule has 0 aromatic heterocycles. The van der Waals surface area contributed by atoms with E-state index in [-0.39, 0.29) is 18.9 Å². The zero-order valence-electron chi connectivity index (χ0n) is 13.8. The van der Waals surface area contributed by atoms with Crippen LogP contribution in [0.2, 0.25) is 0 Å². The lowest BCUT2D eigenvalue weighted by molar-refractivity contribution is -0.127. The Bertz CT molecular complexity index is 414. The lowest BCUT2D eigenvalue weighted by atomic mass is 10.4. The highest BCUT2D eigenvalue weighted by atomic mass is 35.6. The molecule has 1 amide bonds. The van der Waals surface area contributed by atoms with E-state index >= 15 is 0 Å². The molecule has 0 aromatic rings. The summed E-state index contributed by atoms with van der Waals surface area (Å²) in [6.45, 7) is 3.29. The van der Waals surface area contributed by atoms with Crippen molar-refractivity contribution in [2.45, 2.75) is 36.7 Å². The van der Waals surface area contributed by atoms with Crippen LogP contribution in [-0.2, 0) is 14.1 Å². The van der Waals surface area contributed by atoms with Gasteiger partial charge in [0.25, 0.3) is 3.12 Å². The van der Waals surface area contributed by atoms with Crippen LogP contribution in [0.3, 0.4) is 0 Å². The molecule has 0 aliphatic carbocycles. The second kappa shape index (κ2) is 11.7. The summed E-state index contributed by atoms with van der Waals surface area (Å²) in [6.07, 6.45) is 0.992. The van der Waals surface area contributed by atoms with Crippen molar-refractivity contribution in [3.63, 3.8) is 0 Å². The number of alkyl halides is 3. The number of amides is 1. The molecule has 23 heavy (non-hydrogen) atoms. The van der Waals surface area contributed by atoms with Crippen LogP contribution in [0.1, 0.15) is 33.6 Å². The smallest absolute Gasteiger partial charge is 0.306 e. The van der Waals surface area contributed by atoms with E-state index < -0.39 is 9.77 Å². The van der Waals surface area contributed by atoms with Gasteiger partial charge in [-0.2, -0.15) is 4.08 Å². The van der Waals surface area contributed by atoms with Gasteiger partial charge in [-0.25, -0.2) is 0 Å². The third-order valence-corrected chi connectivity index (χ3v) is 10.8. The van der Waals surface area contributed by atoms with Crippen molar-refractivity contribution in [2.75, 3.05) is 32.6 Å². The molecule has 0 aliphatic rings. The number of methoxy groups -OCH3 is 1. The zero-order valence-corrected chi connectivity index (χ0v) is 18.6. The molecule has 0 N–H and O–H groups in total. The van der Waals surface area contributed by atoms with E-state index in [4.69, 9.17) is 39.5 Å². The fraction of sp³-hybridized carbons (Fsp3) is 0.917. The van der Waals surface area contributed by atoms with Crippen molar-refractivity contribution in [1.82, 2.24) is 8.75 Å². The van der Waals surface area contributed by atoms with E-state index in [1.54, 1.807) is 6.92 Å². The fourth-order valence-electron chi connectivity index (χ4n) is 1.69. The number of halogens is 3. The molecular formula is C12H24Cl3N2O3PS2. The molecule has 0 fully saturated rings. The van der Waals surface area contributed by atoms with Crippen molar-refractivity contribution in [1.29, 1.82) is 0 Å². The molecular weight excluding hydrogens is 422 g/mol. The molecule has 0 radical (unpaired) electrons. The summed E-state index contributed by atoms with van der Waals surface area (Å²) >= 11 is 19.7. The van der Waals surface area contributed by atoms with Gasteiger partial charge in [0.15, 0.2) is 0 Å². The maximum absolute atomic E-state index is 13.7. The van der Waals surface area contributed by atoms with Crippen LogP contribution in [0.4, 0.5) is 0 Å². The highest BCUT2D eigenvalue weighted by Gasteiger charge is 2.42. The third-order valence-electron chi connectivity index (χ3n) is 2.64. The monoisotopic (exact) mass is 444 g/mol. The normalized spacial score (nSPS) is 14.8. The topological polar surface area (TPSA) is 49.9 Å². The second-order valence-electron chi connectivity index (χ2n) is 4.38. The average molecular weight is 446 g/mol. The van der Waals surface area contributed by atoms with Crippen LogP contribution in [0.5, 0.6) is 0 Å². The minimum Gasteiger partial charge on any atom is -0.384 e. The summed E-state index contributed by atoms with van der Waals surface area (Å²) in [5, 5.41) is 0. The predicted octanol–water partition coefficient (Wildman–Crippen LogP) is 5.42. The van der Waals surface area contributed by atoms with Gasteiger partial charge < -0.3 is 4.74 Å². The predicted molar refractivity (Wildman–Crippen MR) is 104 cm³/mol. The number of nitrogens with zero attached hydrogens (tertiary/aromatic N) is 2. The van der Waals surface area contributed by atoms with E-state index in [1.807, 2.05) is 13.8 Å². The Morgan fingerprint density at radius 1 is 1.22 bits per heavy atom. The van der Waals surface area contributed by atoms with Crippen LogP contribution in [0, 0.1) is 0 Å². The van der Waals surface area contributed by atoms with E-state index in [0.717, 1.165) is 18.4 Å². The third kappa shape index (κ3) is 8.41. The summed E-state index contributed by atoms with van der Waals surface area (Å²) in [7, 11) is 1.52. The zero-order chi connectivity index (χ0) is 18.1. The van der Waals surface area contributed by atoms with E-state index in [1.165, 1.54) is 27.2 Å². The van der Waals surface area contributed by atoms with Gasteiger partial charge >= 0.3 is 6.65 Å². The number of hydrogen-bond acceptors (Lipinski definition) is 5. The maximum Gasteiger partial charge on any atom is 0.306 e. The van der Waals surface area contributed by atoms with Crippen LogP contribution in [-0.4, -0.2) is 50.3 Å². The Morgan fingerprint density at radius 3 is 2.22 bits per heavy atom. The van der Waals surface area contributed by atoms with Gasteiger partial charge in [0.1, 0.15) is 0 Å². The van der Waals surface area contributed by atoms with Crippen LogP contribution in [0.15, 0.2) is 0 Å². The molecule has 11 heteroatoms. The Kier molecular flexibility index (Phi) is 12.3. The first kappa shape index (κ1) is 24.2. The lowest BCUT2D eigenvalue weighted by Crippen LogP contribution is -2.33. The SMILES string of the molecule is CCCSP(=O)(N(CC)SC(Cl)(Cl)Cl)N(CC)C(=O)CCOC. The minimum absolute atomic E-state index is 0.164. The highest BCUT2D eigenvalue weighted by molar-refractivity contribution is 8.58. The van der Waals surface area contributed by atoms with Crippen LogP contribution < -0.4 is 0 Å². The van der Waals surface area contributed by atoms with Gasteiger partial charge in [0, 0.05) is 26.0 Å². The second-order valence-corrected chi connectivity index (χ2v) is 13.7. The maximum atomic E-state index is 13.7. The number of ether oxygens (including phenoxy) is 1. The molecule has 1 unspecified atom stereocenters. The quantitative estimate of drug-likeness (QED) is 0.240. The lowest BCUT2D eigenvalue weighted by Gasteiger charge is -2.37. The average Bonchev–Trinajstić information content (AvgIpc) is 2.48. The molecule has 0 heterocycles. The van der Waals surface area contributed by atoms with Crippen LogP contribution in [0.25, 0.3) is 0 Å². The van der Waals surface area contributed by atoms with Crippen molar-refractivity contribution in [2.24, 2.45) is 0 Å². The summed E-state index contributed by atoms with van der Waals surface area (Å²) in [4.78, 5) is 12.5. The minimum atomic E-state index is -3.26. The Balaban J connectivity index is 5.55. The fourth-order valence-corrected chi connectivity index (χ4v) is 10.1. The Hall–Kier alpha value is 1.19. The van der Waals surface area contributed by atoms with E-state index in [2.05, 4.69) is 0 Å². The molecule has 0 rings (SSSR count). The van der Waals surface area contributed by atoms with Crippen molar-refractivity contribution < 1.29 is 14.1 Å².